The van der Waals surface area contributed by atoms with Crippen LogP contribution in [0.3, 0.4) is 0 Å². The van der Waals surface area contributed by atoms with E-state index in [0.717, 1.165) is 6.08 Å². The van der Waals surface area contributed by atoms with Gasteiger partial charge in [-0.1, -0.05) is 12.2 Å². The van der Waals surface area contributed by atoms with Crippen LogP contribution in [0.2, 0.25) is 0 Å². The molecule has 0 aromatic heterocycles. The van der Waals surface area contributed by atoms with Crippen LogP contribution >= 0.6 is 0 Å². The van der Waals surface area contributed by atoms with E-state index >= 15 is 0 Å². The molecule has 2 aliphatic rings. The zero-order valence-electron chi connectivity index (χ0n) is 13.1. The highest BCUT2D eigenvalue weighted by Crippen LogP contribution is 2.30. The van der Waals surface area contributed by atoms with Gasteiger partial charge in [0.2, 0.25) is 0 Å². The van der Waals surface area contributed by atoms with Crippen LogP contribution in [-0.2, 0) is 19.0 Å². The van der Waals surface area contributed by atoms with E-state index in [2.05, 4.69) is 0 Å². The van der Waals surface area contributed by atoms with Crippen molar-refractivity contribution in [2.75, 3.05) is 13.2 Å². The molecule has 24 heavy (non-hydrogen) atoms. The van der Waals surface area contributed by atoms with E-state index in [9.17, 15) is 25.2 Å². The molecule has 9 nitrogen and oxygen atoms in total. The first-order chi connectivity index (χ1) is 11.3. The molecule has 0 saturated carbocycles. The third-order valence-corrected chi connectivity index (χ3v) is 3.77. The number of ether oxygens (including phenoxy) is 3. The van der Waals surface area contributed by atoms with Crippen LogP contribution in [0.25, 0.3) is 0 Å². The summed E-state index contributed by atoms with van der Waals surface area (Å²) in [5.74, 6) is -2.63. The molecule has 1 aliphatic carbocycles. The molecule has 6 atom stereocenters. The van der Waals surface area contributed by atoms with Crippen molar-refractivity contribution in [2.24, 2.45) is 0 Å². The molecule has 1 fully saturated rings. The molecule has 9 heteroatoms. The van der Waals surface area contributed by atoms with E-state index in [1.54, 1.807) is 6.92 Å². The highest BCUT2D eigenvalue weighted by Gasteiger charge is 2.47. The summed E-state index contributed by atoms with van der Waals surface area (Å²) in [4.78, 5) is 11.7. The Kier molecular flexibility index (Phi) is 6.10. The summed E-state index contributed by atoms with van der Waals surface area (Å²) in [6, 6.07) is 0. The topological polar surface area (TPSA) is 146 Å². The van der Waals surface area contributed by atoms with E-state index < -0.39 is 49.1 Å². The Morgan fingerprint density at radius 1 is 1.33 bits per heavy atom. The van der Waals surface area contributed by atoms with Crippen LogP contribution in [0.5, 0.6) is 0 Å². The average molecular weight is 346 g/mol. The predicted molar refractivity (Wildman–Crippen MR) is 78.3 cm³/mol. The number of aliphatic hydroxyl groups excluding tert-OH is 4. The maximum atomic E-state index is 11.7. The normalized spacial score (nSPS) is 39.4. The Balaban J connectivity index is 2.13. The van der Waals surface area contributed by atoms with E-state index in [4.69, 9.17) is 19.3 Å². The average Bonchev–Trinajstić information content (AvgIpc) is 2.55. The summed E-state index contributed by atoms with van der Waals surface area (Å²) in [5.41, 5.74) is 0.0650. The minimum absolute atomic E-state index is 0.0368. The van der Waals surface area contributed by atoms with Crippen molar-refractivity contribution < 1.29 is 44.5 Å². The second-order valence-corrected chi connectivity index (χ2v) is 5.59. The maximum absolute atomic E-state index is 11.7. The van der Waals surface area contributed by atoms with Crippen LogP contribution in [0.1, 0.15) is 13.3 Å². The third-order valence-electron chi connectivity index (χ3n) is 3.77. The molecule has 136 valence electrons. The van der Waals surface area contributed by atoms with E-state index in [1.165, 1.54) is 12.2 Å². The third kappa shape index (κ3) is 4.01. The van der Waals surface area contributed by atoms with Gasteiger partial charge in [-0.25, -0.2) is 4.79 Å². The van der Waals surface area contributed by atoms with Crippen molar-refractivity contribution in [3.8, 4) is 0 Å². The molecule has 0 aromatic rings. The Bertz CT molecular complexity index is 515. The van der Waals surface area contributed by atoms with Gasteiger partial charge in [0, 0.05) is 6.42 Å². The summed E-state index contributed by atoms with van der Waals surface area (Å²) >= 11 is 0. The predicted octanol–water partition coefficient (Wildman–Crippen LogP) is -2.06. The fourth-order valence-corrected chi connectivity index (χ4v) is 2.49. The lowest BCUT2D eigenvalue weighted by atomic mass is 9.98. The molecule has 0 radical (unpaired) electrons. The standard InChI is InChI=1S/C15H22O9/c1-2-22-13(20)8-4-3-5-15(21,6-8)24-14-12(19)11(18)10(17)9(7-16)23-14/h3-4,6,9-12,14,16-19,21H,2,5,7H2,1H3/t9-,10-,11+,12-,14+,15?/m1/s1. The second kappa shape index (κ2) is 7.70. The number of esters is 1. The molecule has 1 saturated heterocycles. The molecule has 0 aromatic carbocycles. The van der Waals surface area contributed by atoms with Gasteiger partial charge < -0.3 is 39.7 Å². The lowest BCUT2D eigenvalue weighted by Crippen LogP contribution is -2.60. The Morgan fingerprint density at radius 2 is 2.04 bits per heavy atom. The molecular weight excluding hydrogens is 324 g/mol. The van der Waals surface area contributed by atoms with Crippen molar-refractivity contribution in [2.45, 2.75) is 49.8 Å². The Hall–Kier alpha value is -1.33. The van der Waals surface area contributed by atoms with Crippen molar-refractivity contribution in [3.05, 3.63) is 23.8 Å². The molecule has 0 spiro atoms. The van der Waals surface area contributed by atoms with Crippen molar-refractivity contribution in [1.82, 2.24) is 0 Å². The minimum Gasteiger partial charge on any atom is -0.462 e. The molecular formula is C15H22O9. The molecule has 1 heterocycles. The van der Waals surface area contributed by atoms with E-state index in [-0.39, 0.29) is 18.6 Å². The maximum Gasteiger partial charge on any atom is 0.337 e. The summed E-state index contributed by atoms with van der Waals surface area (Å²) in [6.07, 6.45) is -3.47. The first-order valence-corrected chi connectivity index (χ1v) is 7.58. The second-order valence-electron chi connectivity index (χ2n) is 5.59. The molecule has 1 unspecified atom stereocenters. The number of hydrogen-bond acceptors (Lipinski definition) is 9. The van der Waals surface area contributed by atoms with Crippen LogP contribution in [-0.4, -0.2) is 81.2 Å². The Morgan fingerprint density at radius 3 is 2.67 bits per heavy atom. The zero-order chi connectivity index (χ0) is 17.9. The van der Waals surface area contributed by atoms with Gasteiger partial charge in [-0.3, -0.25) is 0 Å². The van der Waals surface area contributed by atoms with Crippen LogP contribution in [0.4, 0.5) is 0 Å². The molecule has 1 aliphatic heterocycles. The highest BCUT2D eigenvalue weighted by atomic mass is 16.8. The molecule has 2 rings (SSSR count). The van der Waals surface area contributed by atoms with Gasteiger partial charge in [0.15, 0.2) is 12.1 Å². The SMILES string of the molecule is CCOC(=O)C1=CC(O)(O[C@@H]2O[C@H](CO)[C@@H](O)[C@H](O)[C@H]2O)CC=C1. The summed E-state index contributed by atoms with van der Waals surface area (Å²) in [5, 5.41) is 49.0. The summed E-state index contributed by atoms with van der Waals surface area (Å²) < 4.78 is 15.3. The fourth-order valence-electron chi connectivity index (χ4n) is 2.49. The van der Waals surface area contributed by atoms with Crippen molar-refractivity contribution >= 4 is 5.97 Å². The Labute approximate surface area is 138 Å². The van der Waals surface area contributed by atoms with Gasteiger partial charge in [0.25, 0.3) is 0 Å². The lowest BCUT2D eigenvalue weighted by molar-refractivity contribution is -0.349. The number of carbonyl (C=O) groups is 1. The van der Waals surface area contributed by atoms with Crippen LogP contribution in [0.15, 0.2) is 23.8 Å². The monoisotopic (exact) mass is 346 g/mol. The van der Waals surface area contributed by atoms with E-state index in [0.29, 0.717) is 0 Å². The van der Waals surface area contributed by atoms with Gasteiger partial charge in [-0.05, 0) is 13.0 Å². The lowest BCUT2D eigenvalue weighted by Gasteiger charge is -2.42. The van der Waals surface area contributed by atoms with Crippen molar-refractivity contribution in [3.63, 3.8) is 0 Å². The first kappa shape index (κ1) is 19.0. The quantitative estimate of drug-likeness (QED) is 0.280. The highest BCUT2D eigenvalue weighted by molar-refractivity contribution is 5.92. The van der Waals surface area contributed by atoms with E-state index in [1.807, 2.05) is 0 Å². The smallest absolute Gasteiger partial charge is 0.337 e. The van der Waals surface area contributed by atoms with Crippen molar-refractivity contribution in [1.29, 1.82) is 0 Å². The number of aliphatic hydroxyl groups is 5. The number of carbonyl (C=O) groups excluding carboxylic acids is 1. The van der Waals surface area contributed by atoms with Gasteiger partial charge in [0.05, 0.1) is 18.8 Å². The molecule has 5 N–H and O–H groups in total. The minimum atomic E-state index is -1.98. The summed E-state index contributed by atoms with van der Waals surface area (Å²) in [6.45, 7) is 1.19. The van der Waals surface area contributed by atoms with Crippen LogP contribution < -0.4 is 0 Å². The molecule has 0 bridgehead atoms. The van der Waals surface area contributed by atoms with Crippen LogP contribution in [0, 0.1) is 0 Å². The largest absolute Gasteiger partial charge is 0.462 e. The van der Waals surface area contributed by atoms with Gasteiger partial charge in [0.1, 0.15) is 24.4 Å². The fraction of sp³-hybridized carbons (Fsp3) is 0.667. The first-order valence-electron chi connectivity index (χ1n) is 7.58. The van der Waals surface area contributed by atoms with Gasteiger partial charge in [-0.2, -0.15) is 0 Å². The van der Waals surface area contributed by atoms with Gasteiger partial charge >= 0.3 is 5.97 Å². The summed E-state index contributed by atoms with van der Waals surface area (Å²) in [7, 11) is 0. The number of hydrogen-bond donors (Lipinski definition) is 5. The zero-order valence-corrected chi connectivity index (χ0v) is 13.1. The van der Waals surface area contributed by atoms with Gasteiger partial charge in [-0.15, -0.1) is 0 Å². The number of rotatable bonds is 5. The molecule has 0 amide bonds.